The zero-order valence-corrected chi connectivity index (χ0v) is 14.2. The molecule has 25 heavy (non-hydrogen) atoms. The van der Waals surface area contributed by atoms with Gasteiger partial charge in [0.1, 0.15) is 0 Å². The first-order chi connectivity index (χ1) is 12.0. The van der Waals surface area contributed by atoms with Crippen LogP contribution in [0.15, 0.2) is 48.5 Å². The molecule has 0 aliphatic rings. The summed E-state index contributed by atoms with van der Waals surface area (Å²) in [4.78, 5) is 24.4. The lowest BCUT2D eigenvalue weighted by molar-refractivity contribution is 0.102. The number of nitrogens with one attached hydrogen (secondary N) is 3. The van der Waals surface area contributed by atoms with Gasteiger partial charge in [-0.2, -0.15) is 5.26 Å². The van der Waals surface area contributed by atoms with Gasteiger partial charge in [-0.1, -0.05) is 24.3 Å². The first-order valence-electron chi connectivity index (χ1n) is 7.93. The molecule has 3 amide bonds. The lowest BCUT2D eigenvalue weighted by Gasteiger charge is -2.13. The fraction of sp³-hybridized carbons (Fsp3) is 0.211. The molecule has 0 aromatic heterocycles. The number of nitrogens with zero attached hydrogens (tertiary/aromatic N) is 1. The third-order valence-electron chi connectivity index (χ3n) is 3.33. The van der Waals surface area contributed by atoms with E-state index in [1.807, 2.05) is 13.8 Å². The van der Waals surface area contributed by atoms with Gasteiger partial charge in [-0.05, 0) is 43.7 Å². The maximum absolute atomic E-state index is 12.5. The highest BCUT2D eigenvalue weighted by molar-refractivity contribution is 6.09. The highest BCUT2D eigenvalue weighted by Gasteiger charge is 2.13. The van der Waals surface area contributed by atoms with Crippen LogP contribution in [0.1, 0.15) is 29.8 Å². The molecule has 3 N–H and O–H groups in total. The number of urea groups is 1. The summed E-state index contributed by atoms with van der Waals surface area (Å²) in [5.41, 5.74) is 2.29. The molecule has 128 valence electrons. The van der Waals surface area contributed by atoms with Crippen LogP contribution in [0.5, 0.6) is 0 Å². The summed E-state index contributed by atoms with van der Waals surface area (Å²) in [7, 11) is 0. The van der Waals surface area contributed by atoms with E-state index in [1.165, 1.54) is 0 Å². The minimum atomic E-state index is -0.365. The van der Waals surface area contributed by atoms with E-state index in [2.05, 4.69) is 22.0 Å². The molecule has 0 spiro atoms. The van der Waals surface area contributed by atoms with Crippen LogP contribution in [0.2, 0.25) is 0 Å². The van der Waals surface area contributed by atoms with Crippen molar-refractivity contribution in [2.45, 2.75) is 26.3 Å². The van der Waals surface area contributed by atoms with Crippen LogP contribution in [0.25, 0.3) is 0 Å². The van der Waals surface area contributed by atoms with Gasteiger partial charge in [0.15, 0.2) is 0 Å². The van der Waals surface area contributed by atoms with E-state index in [-0.39, 0.29) is 18.0 Å². The molecule has 2 rings (SSSR count). The van der Waals surface area contributed by atoms with Crippen LogP contribution in [0.4, 0.5) is 16.2 Å². The molecule has 0 saturated carbocycles. The largest absolute Gasteiger partial charge is 0.336 e. The third-order valence-corrected chi connectivity index (χ3v) is 3.33. The van der Waals surface area contributed by atoms with Gasteiger partial charge in [0.2, 0.25) is 0 Å². The number of anilines is 2. The summed E-state index contributed by atoms with van der Waals surface area (Å²) in [5.74, 6) is -0.325. The summed E-state index contributed by atoms with van der Waals surface area (Å²) in [5, 5.41) is 16.9. The van der Waals surface area contributed by atoms with Crippen LogP contribution < -0.4 is 16.0 Å². The molecule has 0 saturated heterocycles. The Morgan fingerprint density at radius 1 is 1.04 bits per heavy atom. The second-order valence-corrected chi connectivity index (χ2v) is 5.78. The highest BCUT2D eigenvalue weighted by Crippen LogP contribution is 2.18. The second-order valence-electron chi connectivity index (χ2n) is 5.78. The Bertz CT molecular complexity index is 792. The summed E-state index contributed by atoms with van der Waals surface area (Å²) < 4.78 is 0. The third kappa shape index (κ3) is 5.36. The summed E-state index contributed by atoms with van der Waals surface area (Å²) in [6, 6.07) is 15.6. The van der Waals surface area contributed by atoms with Crippen molar-refractivity contribution in [1.29, 1.82) is 5.26 Å². The molecule has 2 aromatic rings. The van der Waals surface area contributed by atoms with Crippen molar-refractivity contribution in [3.05, 3.63) is 59.7 Å². The number of para-hydroxylation sites is 1. The number of hydrogen-bond donors (Lipinski definition) is 3. The number of carbonyl (C=O) groups is 2. The molecule has 0 radical (unpaired) electrons. The van der Waals surface area contributed by atoms with E-state index in [0.29, 0.717) is 23.4 Å². The van der Waals surface area contributed by atoms with Gasteiger partial charge in [0.05, 0.1) is 23.7 Å². The molecular formula is C19H20N4O2. The Hall–Kier alpha value is -3.33. The smallest absolute Gasteiger partial charge is 0.319 e. The van der Waals surface area contributed by atoms with Crippen molar-refractivity contribution in [3.63, 3.8) is 0 Å². The molecule has 0 heterocycles. The molecule has 6 nitrogen and oxygen atoms in total. The molecule has 2 aromatic carbocycles. The Labute approximate surface area is 146 Å². The van der Waals surface area contributed by atoms with Crippen molar-refractivity contribution in [2.75, 3.05) is 10.6 Å². The van der Waals surface area contributed by atoms with E-state index in [1.54, 1.807) is 48.5 Å². The topological polar surface area (TPSA) is 94.0 Å². The van der Waals surface area contributed by atoms with Crippen molar-refractivity contribution < 1.29 is 9.59 Å². The standard InChI is InChI=1S/C19H20N4O2/c1-13(2)21-19(25)23-17-6-4-3-5-16(17)18(24)22-15-9-7-14(8-10-15)11-12-20/h3-10,13H,11H2,1-2H3,(H,22,24)(H2,21,23,25). The van der Waals surface area contributed by atoms with Crippen LogP contribution in [0, 0.1) is 11.3 Å². The van der Waals surface area contributed by atoms with E-state index in [0.717, 1.165) is 5.56 Å². The normalized spacial score (nSPS) is 10.0. The lowest BCUT2D eigenvalue weighted by atomic mass is 10.1. The number of hydrogen-bond acceptors (Lipinski definition) is 3. The van der Waals surface area contributed by atoms with Crippen molar-refractivity contribution in [1.82, 2.24) is 5.32 Å². The zero-order valence-electron chi connectivity index (χ0n) is 14.2. The van der Waals surface area contributed by atoms with Gasteiger partial charge in [-0.15, -0.1) is 0 Å². The Balaban J connectivity index is 2.11. The number of carbonyl (C=O) groups excluding carboxylic acids is 2. The number of benzene rings is 2. The molecule has 0 bridgehead atoms. The van der Waals surface area contributed by atoms with Gasteiger partial charge in [-0.25, -0.2) is 4.79 Å². The summed E-state index contributed by atoms with van der Waals surface area (Å²) in [6.07, 6.45) is 0.325. The van der Waals surface area contributed by atoms with Crippen molar-refractivity contribution in [2.24, 2.45) is 0 Å². The van der Waals surface area contributed by atoms with Gasteiger partial charge in [0.25, 0.3) is 5.91 Å². The minimum Gasteiger partial charge on any atom is -0.336 e. The molecule has 0 fully saturated rings. The number of amides is 3. The van der Waals surface area contributed by atoms with Gasteiger partial charge >= 0.3 is 6.03 Å². The SMILES string of the molecule is CC(C)NC(=O)Nc1ccccc1C(=O)Nc1ccc(CC#N)cc1. The summed E-state index contributed by atoms with van der Waals surface area (Å²) >= 11 is 0. The molecule has 0 unspecified atom stereocenters. The number of rotatable bonds is 5. The Kier molecular flexibility index (Phi) is 6.13. The Morgan fingerprint density at radius 2 is 1.72 bits per heavy atom. The lowest BCUT2D eigenvalue weighted by Crippen LogP contribution is -2.34. The van der Waals surface area contributed by atoms with E-state index in [4.69, 9.17) is 5.26 Å². The summed E-state index contributed by atoms with van der Waals surface area (Å²) in [6.45, 7) is 3.71. The van der Waals surface area contributed by atoms with Crippen LogP contribution in [-0.4, -0.2) is 18.0 Å². The predicted molar refractivity (Wildman–Crippen MR) is 97.4 cm³/mol. The fourth-order valence-electron chi connectivity index (χ4n) is 2.21. The van der Waals surface area contributed by atoms with E-state index < -0.39 is 0 Å². The van der Waals surface area contributed by atoms with Crippen LogP contribution in [0.3, 0.4) is 0 Å². The second kappa shape index (κ2) is 8.50. The monoisotopic (exact) mass is 336 g/mol. The zero-order chi connectivity index (χ0) is 18.2. The van der Waals surface area contributed by atoms with Gasteiger partial charge < -0.3 is 16.0 Å². The maximum atomic E-state index is 12.5. The molecule has 0 atom stereocenters. The first-order valence-corrected chi connectivity index (χ1v) is 7.93. The van der Waals surface area contributed by atoms with Crippen LogP contribution in [-0.2, 0) is 6.42 Å². The van der Waals surface area contributed by atoms with Gasteiger partial charge in [-0.3, -0.25) is 4.79 Å². The van der Waals surface area contributed by atoms with E-state index in [9.17, 15) is 9.59 Å². The highest BCUT2D eigenvalue weighted by atomic mass is 16.2. The minimum absolute atomic E-state index is 0.00656. The average Bonchev–Trinajstić information content (AvgIpc) is 2.56. The molecular weight excluding hydrogens is 316 g/mol. The van der Waals surface area contributed by atoms with Gasteiger partial charge in [0, 0.05) is 11.7 Å². The van der Waals surface area contributed by atoms with Crippen LogP contribution >= 0.6 is 0 Å². The molecule has 6 heteroatoms. The van der Waals surface area contributed by atoms with E-state index >= 15 is 0 Å². The Morgan fingerprint density at radius 3 is 2.36 bits per heavy atom. The van der Waals surface area contributed by atoms with Crippen molar-refractivity contribution in [3.8, 4) is 6.07 Å². The molecule has 0 aliphatic heterocycles. The quantitative estimate of drug-likeness (QED) is 0.779. The van der Waals surface area contributed by atoms with Crippen molar-refractivity contribution >= 4 is 23.3 Å². The first kappa shape index (κ1) is 18.0. The maximum Gasteiger partial charge on any atom is 0.319 e. The fourth-order valence-corrected chi connectivity index (χ4v) is 2.21. The predicted octanol–water partition coefficient (Wildman–Crippen LogP) is 3.53. The average molecular weight is 336 g/mol. The number of nitriles is 1. The molecule has 0 aliphatic carbocycles.